The average Bonchev–Trinajstić information content (AvgIpc) is 3.32. The number of anilines is 1. The number of imidazole rings is 1. The number of carbonyl (C=O) groups is 1. The monoisotopic (exact) mass is 416 g/mol. The predicted molar refractivity (Wildman–Crippen MR) is 111 cm³/mol. The summed E-state index contributed by atoms with van der Waals surface area (Å²) < 4.78 is 5.68. The molecule has 2 aromatic heterocycles. The van der Waals surface area contributed by atoms with Crippen LogP contribution in [-0.4, -0.2) is 39.2 Å². The molecular weight excluding hydrogens is 392 g/mol. The highest BCUT2D eigenvalue weighted by Crippen LogP contribution is 2.16. The average molecular weight is 417 g/mol. The van der Waals surface area contributed by atoms with Crippen LogP contribution in [0.2, 0.25) is 5.28 Å². The summed E-state index contributed by atoms with van der Waals surface area (Å²) in [6, 6.07) is 9.97. The molecule has 0 bridgehead atoms. The molecule has 0 unspecified atom stereocenters. The Morgan fingerprint density at radius 1 is 1.14 bits per heavy atom. The number of amides is 1. The zero-order valence-electron chi connectivity index (χ0n) is 16.4. The van der Waals surface area contributed by atoms with E-state index in [4.69, 9.17) is 16.0 Å². The van der Waals surface area contributed by atoms with Gasteiger partial charge in [-0.1, -0.05) is 43.7 Å². The summed E-state index contributed by atoms with van der Waals surface area (Å²) in [7, 11) is 0. The quantitative estimate of drug-likeness (QED) is 0.412. The summed E-state index contributed by atoms with van der Waals surface area (Å²) in [6.45, 7) is 3.31. The fourth-order valence-corrected chi connectivity index (χ4v) is 2.96. The molecule has 0 saturated carbocycles. The summed E-state index contributed by atoms with van der Waals surface area (Å²) in [5, 5.41) is 14.3. The lowest BCUT2D eigenvalue weighted by Gasteiger charge is -2.06. The predicted octanol–water partition coefficient (Wildman–Crippen LogP) is 3.61. The minimum atomic E-state index is -0.251. The third-order valence-corrected chi connectivity index (χ3v) is 4.46. The molecule has 0 aliphatic heterocycles. The number of carbonyl (C=O) groups excluding carboxylic acids is 1. The van der Waals surface area contributed by atoms with Gasteiger partial charge in [0.25, 0.3) is 5.91 Å². The molecule has 0 radical (unpaired) electrons. The van der Waals surface area contributed by atoms with Crippen molar-refractivity contribution < 1.29 is 9.21 Å². The summed E-state index contributed by atoms with van der Waals surface area (Å²) in [5.74, 6) is 1.38. The number of benzene rings is 1. The van der Waals surface area contributed by atoms with E-state index in [1.165, 1.54) is 0 Å². The lowest BCUT2D eigenvalue weighted by atomic mass is 10.2. The van der Waals surface area contributed by atoms with E-state index >= 15 is 0 Å². The van der Waals surface area contributed by atoms with Crippen molar-refractivity contribution in [3.05, 3.63) is 58.7 Å². The maximum atomic E-state index is 12.4. The lowest BCUT2D eigenvalue weighted by Crippen LogP contribution is -2.26. The number of rotatable bonds is 11. The van der Waals surface area contributed by atoms with Crippen LogP contribution in [0.4, 0.5) is 5.82 Å². The number of nitrogens with one attached hydrogen (secondary N) is 3. The molecule has 0 fully saturated rings. The van der Waals surface area contributed by atoms with E-state index in [0.29, 0.717) is 49.1 Å². The molecule has 3 aromatic rings. The van der Waals surface area contributed by atoms with Crippen molar-refractivity contribution in [3.8, 4) is 0 Å². The highest BCUT2D eigenvalue weighted by atomic mass is 35.5. The SMILES string of the molecule is CCCCNc1nc(Cl)[nH]c1C(=O)NCCCc1nnc(Cc2ccccc2)o1. The van der Waals surface area contributed by atoms with E-state index in [0.717, 1.165) is 24.9 Å². The maximum Gasteiger partial charge on any atom is 0.271 e. The summed E-state index contributed by atoms with van der Waals surface area (Å²) in [5.41, 5.74) is 1.46. The first-order valence-electron chi connectivity index (χ1n) is 9.78. The second-order valence-electron chi connectivity index (χ2n) is 6.64. The minimum absolute atomic E-state index is 0.186. The van der Waals surface area contributed by atoms with E-state index in [1.807, 2.05) is 30.3 Å². The van der Waals surface area contributed by atoms with Crippen molar-refractivity contribution in [1.29, 1.82) is 0 Å². The van der Waals surface area contributed by atoms with Crippen LogP contribution in [-0.2, 0) is 12.8 Å². The second kappa shape index (κ2) is 10.6. The van der Waals surface area contributed by atoms with Crippen LogP contribution in [0.3, 0.4) is 0 Å². The van der Waals surface area contributed by atoms with Crippen LogP contribution in [0.1, 0.15) is 54.0 Å². The first-order chi connectivity index (χ1) is 14.2. The third-order valence-electron chi connectivity index (χ3n) is 4.28. The molecule has 29 heavy (non-hydrogen) atoms. The molecule has 3 rings (SSSR count). The summed E-state index contributed by atoms with van der Waals surface area (Å²) >= 11 is 5.91. The summed E-state index contributed by atoms with van der Waals surface area (Å²) in [4.78, 5) is 19.3. The van der Waals surface area contributed by atoms with Crippen molar-refractivity contribution in [3.63, 3.8) is 0 Å². The minimum Gasteiger partial charge on any atom is -0.425 e. The molecular formula is C20H25ClN6O2. The van der Waals surface area contributed by atoms with Gasteiger partial charge in [0, 0.05) is 19.5 Å². The zero-order valence-corrected chi connectivity index (χ0v) is 17.1. The number of nitrogens with zero attached hydrogens (tertiary/aromatic N) is 3. The van der Waals surface area contributed by atoms with Gasteiger partial charge in [0.05, 0.1) is 6.42 Å². The van der Waals surface area contributed by atoms with E-state index < -0.39 is 0 Å². The molecule has 9 heteroatoms. The number of hydrogen-bond donors (Lipinski definition) is 3. The Balaban J connectivity index is 1.43. The zero-order chi connectivity index (χ0) is 20.5. The highest BCUT2D eigenvalue weighted by molar-refractivity contribution is 6.28. The molecule has 1 amide bonds. The Hall–Kier alpha value is -2.87. The van der Waals surface area contributed by atoms with Crippen molar-refractivity contribution in [1.82, 2.24) is 25.5 Å². The maximum absolute atomic E-state index is 12.4. The number of H-pyrrole nitrogens is 1. The molecule has 0 spiro atoms. The topological polar surface area (TPSA) is 109 Å². The van der Waals surface area contributed by atoms with Gasteiger partial charge in [-0.2, -0.15) is 0 Å². The third kappa shape index (κ3) is 6.32. The molecule has 154 valence electrons. The standard InChI is InChI=1S/C20H25ClN6O2/c1-2-3-11-22-18-17(24-20(21)25-18)19(28)23-12-7-10-15-26-27-16(29-15)13-14-8-5-4-6-9-14/h4-6,8-9,22H,2-3,7,10-13H2,1H3,(H,23,28)(H,24,25). The van der Waals surface area contributed by atoms with Gasteiger partial charge < -0.3 is 20.0 Å². The molecule has 0 aliphatic carbocycles. The van der Waals surface area contributed by atoms with Crippen LogP contribution in [0.15, 0.2) is 34.7 Å². The molecule has 0 atom stereocenters. The van der Waals surface area contributed by atoms with Gasteiger partial charge in [-0.15, -0.1) is 10.2 Å². The Morgan fingerprint density at radius 2 is 1.93 bits per heavy atom. The molecule has 0 aliphatic rings. The number of hydrogen-bond acceptors (Lipinski definition) is 6. The smallest absolute Gasteiger partial charge is 0.271 e. The second-order valence-corrected chi connectivity index (χ2v) is 7.00. The van der Waals surface area contributed by atoms with Gasteiger partial charge in [-0.3, -0.25) is 4.79 Å². The van der Waals surface area contributed by atoms with Gasteiger partial charge in [-0.05, 0) is 30.0 Å². The summed E-state index contributed by atoms with van der Waals surface area (Å²) in [6.07, 6.45) is 3.92. The fourth-order valence-electron chi connectivity index (χ4n) is 2.78. The Morgan fingerprint density at radius 3 is 2.72 bits per heavy atom. The van der Waals surface area contributed by atoms with Crippen LogP contribution >= 0.6 is 11.6 Å². The number of aromatic amines is 1. The van der Waals surface area contributed by atoms with Crippen LogP contribution < -0.4 is 10.6 Å². The van der Waals surface area contributed by atoms with Gasteiger partial charge in [0.15, 0.2) is 5.82 Å². The highest BCUT2D eigenvalue weighted by Gasteiger charge is 2.16. The van der Waals surface area contributed by atoms with Gasteiger partial charge in [-0.25, -0.2) is 4.98 Å². The molecule has 8 nitrogen and oxygen atoms in total. The van der Waals surface area contributed by atoms with Crippen molar-refractivity contribution in [2.75, 3.05) is 18.4 Å². The van der Waals surface area contributed by atoms with Gasteiger partial charge in [0.2, 0.25) is 17.1 Å². The van der Waals surface area contributed by atoms with E-state index in [2.05, 4.69) is 37.7 Å². The van der Waals surface area contributed by atoms with Crippen LogP contribution in [0.5, 0.6) is 0 Å². The van der Waals surface area contributed by atoms with Crippen LogP contribution in [0, 0.1) is 0 Å². The largest absolute Gasteiger partial charge is 0.425 e. The van der Waals surface area contributed by atoms with Crippen LogP contribution in [0.25, 0.3) is 0 Å². The van der Waals surface area contributed by atoms with E-state index in [-0.39, 0.29) is 11.2 Å². The van der Waals surface area contributed by atoms with Crippen molar-refractivity contribution in [2.24, 2.45) is 0 Å². The molecule has 1 aromatic carbocycles. The number of aryl methyl sites for hydroxylation is 1. The Kier molecular flexibility index (Phi) is 7.63. The van der Waals surface area contributed by atoms with Crippen molar-refractivity contribution >= 4 is 23.3 Å². The van der Waals surface area contributed by atoms with E-state index in [9.17, 15) is 4.79 Å². The molecule has 3 N–H and O–H groups in total. The fraction of sp³-hybridized carbons (Fsp3) is 0.400. The first-order valence-corrected chi connectivity index (χ1v) is 10.2. The Labute approximate surface area is 174 Å². The number of halogens is 1. The molecule has 2 heterocycles. The Bertz CT molecular complexity index is 909. The lowest BCUT2D eigenvalue weighted by molar-refractivity contribution is 0.0949. The number of unbranched alkanes of at least 4 members (excludes halogenated alkanes) is 1. The van der Waals surface area contributed by atoms with Gasteiger partial charge in [0.1, 0.15) is 5.69 Å². The molecule has 0 saturated heterocycles. The van der Waals surface area contributed by atoms with Crippen molar-refractivity contribution in [2.45, 2.75) is 39.0 Å². The first kappa shape index (κ1) is 20.9. The van der Waals surface area contributed by atoms with E-state index in [1.54, 1.807) is 0 Å². The number of aromatic nitrogens is 4. The van der Waals surface area contributed by atoms with Gasteiger partial charge >= 0.3 is 0 Å². The normalized spacial score (nSPS) is 10.8.